The fourth-order valence-electron chi connectivity index (χ4n) is 3.03. The summed E-state index contributed by atoms with van der Waals surface area (Å²) < 4.78 is 13.0. The maximum atomic E-state index is 13.0. The zero-order valence-corrected chi connectivity index (χ0v) is 11.1. The van der Waals surface area contributed by atoms with E-state index in [1.54, 1.807) is 12.1 Å². The molecule has 2 fully saturated rings. The summed E-state index contributed by atoms with van der Waals surface area (Å²) in [5.41, 5.74) is 1.36. The van der Waals surface area contributed by atoms with Crippen LogP contribution in [0.4, 0.5) is 10.1 Å². The predicted molar refractivity (Wildman–Crippen MR) is 72.3 cm³/mol. The molecule has 0 spiro atoms. The highest BCUT2D eigenvalue weighted by Gasteiger charge is 2.45. The average molecular weight is 248 g/mol. The fraction of sp³-hybridized carbons (Fsp3) is 0.600. The largest absolute Gasteiger partial charge is 0.366 e. The van der Waals surface area contributed by atoms with Gasteiger partial charge in [0.25, 0.3) is 0 Å². The molecule has 18 heavy (non-hydrogen) atoms. The summed E-state index contributed by atoms with van der Waals surface area (Å²) in [6.45, 7) is 6.57. The van der Waals surface area contributed by atoms with Crippen molar-refractivity contribution >= 4 is 5.69 Å². The Balaban J connectivity index is 1.82. The van der Waals surface area contributed by atoms with Crippen molar-refractivity contribution in [1.82, 2.24) is 5.32 Å². The van der Waals surface area contributed by atoms with E-state index in [1.807, 2.05) is 12.1 Å². The van der Waals surface area contributed by atoms with Crippen molar-refractivity contribution in [2.75, 3.05) is 18.0 Å². The molecule has 1 aromatic carbocycles. The Hall–Kier alpha value is -1.09. The SMILES string of the molecule is CC1CNC(C)(C2CC2)CN1c1ccc(F)cc1. The molecule has 1 saturated carbocycles. The first-order valence-electron chi connectivity index (χ1n) is 6.86. The molecule has 2 aliphatic rings. The van der Waals surface area contributed by atoms with Gasteiger partial charge in [-0.1, -0.05) is 0 Å². The van der Waals surface area contributed by atoms with Crippen LogP contribution in [0.25, 0.3) is 0 Å². The Kier molecular flexibility index (Phi) is 2.81. The second kappa shape index (κ2) is 4.23. The molecule has 1 aliphatic carbocycles. The van der Waals surface area contributed by atoms with Gasteiger partial charge in [0.2, 0.25) is 0 Å². The van der Waals surface area contributed by atoms with Gasteiger partial charge >= 0.3 is 0 Å². The number of hydrogen-bond acceptors (Lipinski definition) is 2. The number of benzene rings is 1. The molecular formula is C15H21FN2. The van der Waals surface area contributed by atoms with Crippen molar-refractivity contribution in [3.8, 4) is 0 Å². The Morgan fingerprint density at radius 3 is 2.56 bits per heavy atom. The Bertz CT molecular complexity index is 427. The van der Waals surface area contributed by atoms with Crippen LogP contribution in [-0.4, -0.2) is 24.7 Å². The van der Waals surface area contributed by atoms with E-state index in [-0.39, 0.29) is 11.4 Å². The smallest absolute Gasteiger partial charge is 0.123 e. The zero-order chi connectivity index (χ0) is 12.8. The molecule has 2 atom stereocenters. The van der Waals surface area contributed by atoms with Gasteiger partial charge in [0.1, 0.15) is 5.82 Å². The summed E-state index contributed by atoms with van der Waals surface area (Å²) in [6.07, 6.45) is 2.68. The van der Waals surface area contributed by atoms with Gasteiger partial charge in [-0.25, -0.2) is 4.39 Å². The Morgan fingerprint density at radius 1 is 1.28 bits per heavy atom. The van der Waals surface area contributed by atoms with Gasteiger partial charge in [-0.05, 0) is 56.9 Å². The summed E-state index contributed by atoms with van der Waals surface area (Å²) in [5.74, 6) is 0.652. The summed E-state index contributed by atoms with van der Waals surface area (Å²) in [6, 6.07) is 7.36. The minimum atomic E-state index is -0.161. The topological polar surface area (TPSA) is 15.3 Å². The maximum absolute atomic E-state index is 13.0. The second-order valence-electron chi connectivity index (χ2n) is 6.03. The molecule has 0 aromatic heterocycles. The molecule has 0 radical (unpaired) electrons. The average Bonchev–Trinajstić information content (AvgIpc) is 3.18. The van der Waals surface area contributed by atoms with Crippen LogP contribution in [0.2, 0.25) is 0 Å². The molecule has 1 aliphatic heterocycles. The molecule has 0 amide bonds. The Labute approximate surface area is 108 Å². The van der Waals surface area contributed by atoms with E-state index in [0.717, 1.165) is 24.7 Å². The number of anilines is 1. The fourth-order valence-corrected chi connectivity index (χ4v) is 3.03. The molecule has 2 unspecified atom stereocenters. The second-order valence-corrected chi connectivity index (χ2v) is 6.03. The number of nitrogens with one attached hydrogen (secondary N) is 1. The minimum absolute atomic E-state index is 0.161. The van der Waals surface area contributed by atoms with Gasteiger partial charge in [0.15, 0.2) is 0 Å². The van der Waals surface area contributed by atoms with Crippen molar-refractivity contribution in [2.45, 2.75) is 38.3 Å². The normalized spacial score (nSPS) is 32.6. The van der Waals surface area contributed by atoms with Crippen molar-refractivity contribution < 1.29 is 4.39 Å². The van der Waals surface area contributed by atoms with E-state index in [0.29, 0.717) is 6.04 Å². The van der Waals surface area contributed by atoms with Gasteiger partial charge in [-0.15, -0.1) is 0 Å². The first-order valence-corrected chi connectivity index (χ1v) is 6.86. The molecule has 3 heteroatoms. The molecule has 1 heterocycles. The molecule has 2 nitrogen and oxygen atoms in total. The van der Waals surface area contributed by atoms with Crippen LogP contribution in [0.15, 0.2) is 24.3 Å². The highest BCUT2D eigenvalue weighted by molar-refractivity contribution is 5.48. The lowest BCUT2D eigenvalue weighted by Crippen LogP contribution is -2.63. The van der Waals surface area contributed by atoms with E-state index in [4.69, 9.17) is 0 Å². The summed E-state index contributed by atoms with van der Waals surface area (Å²) in [5, 5.41) is 3.70. The standard InChI is InChI=1S/C15H21FN2/c1-11-9-17-15(2,12-3-4-12)10-18(11)14-7-5-13(16)6-8-14/h5-8,11-12,17H,3-4,9-10H2,1-2H3. The van der Waals surface area contributed by atoms with Crippen LogP contribution in [0.3, 0.4) is 0 Å². The van der Waals surface area contributed by atoms with Crippen molar-refractivity contribution in [1.29, 1.82) is 0 Å². The van der Waals surface area contributed by atoms with E-state index in [9.17, 15) is 4.39 Å². The van der Waals surface area contributed by atoms with Crippen molar-refractivity contribution in [3.05, 3.63) is 30.1 Å². The van der Waals surface area contributed by atoms with Gasteiger partial charge in [0, 0.05) is 30.4 Å². The third-order valence-corrected chi connectivity index (χ3v) is 4.47. The summed E-state index contributed by atoms with van der Waals surface area (Å²) >= 11 is 0. The minimum Gasteiger partial charge on any atom is -0.366 e. The molecule has 98 valence electrons. The number of halogens is 1. The lowest BCUT2D eigenvalue weighted by molar-refractivity contribution is 0.261. The molecule has 1 N–H and O–H groups in total. The lowest BCUT2D eigenvalue weighted by atomic mass is 9.91. The van der Waals surface area contributed by atoms with Gasteiger partial charge in [-0.3, -0.25) is 0 Å². The number of hydrogen-bond donors (Lipinski definition) is 1. The van der Waals surface area contributed by atoms with Gasteiger partial charge in [-0.2, -0.15) is 0 Å². The predicted octanol–water partition coefficient (Wildman–Crippen LogP) is 2.79. The quantitative estimate of drug-likeness (QED) is 0.865. The highest BCUT2D eigenvalue weighted by atomic mass is 19.1. The van der Waals surface area contributed by atoms with Gasteiger partial charge in [0.05, 0.1) is 0 Å². The van der Waals surface area contributed by atoms with Crippen LogP contribution in [0.1, 0.15) is 26.7 Å². The molecule has 3 rings (SSSR count). The van der Waals surface area contributed by atoms with E-state index in [2.05, 4.69) is 24.1 Å². The molecule has 1 saturated heterocycles. The number of rotatable bonds is 2. The molecular weight excluding hydrogens is 227 g/mol. The number of piperazine rings is 1. The first-order chi connectivity index (χ1) is 8.58. The third kappa shape index (κ3) is 2.12. The maximum Gasteiger partial charge on any atom is 0.123 e. The van der Waals surface area contributed by atoms with E-state index >= 15 is 0 Å². The van der Waals surface area contributed by atoms with Crippen LogP contribution in [-0.2, 0) is 0 Å². The van der Waals surface area contributed by atoms with E-state index < -0.39 is 0 Å². The van der Waals surface area contributed by atoms with Gasteiger partial charge < -0.3 is 10.2 Å². The summed E-state index contributed by atoms with van der Waals surface area (Å²) in [7, 11) is 0. The van der Waals surface area contributed by atoms with E-state index in [1.165, 1.54) is 12.8 Å². The highest BCUT2D eigenvalue weighted by Crippen LogP contribution is 2.42. The zero-order valence-electron chi connectivity index (χ0n) is 11.1. The number of nitrogens with zero attached hydrogens (tertiary/aromatic N) is 1. The molecule has 1 aromatic rings. The van der Waals surface area contributed by atoms with Crippen molar-refractivity contribution in [2.24, 2.45) is 5.92 Å². The third-order valence-electron chi connectivity index (χ3n) is 4.47. The van der Waals surface area contributed by atoms with Crippen LogP contribution >= 0.6 is 0 Å². The van der Waals surface area contributed by atoms with Crippen LogP contribution in [0.5, 0.6) is 0 Å². The Morgan fingerprint density at radius 2 is 1.94 bits per heavy atom. The van der Waals surface area contributed by atoms with Crippen LogP contribution < -0.4 is 10.2 Å². The summed E-state index contributed by atoms with van der Waals surface area (Å²) in [4.78, 5) is 2.41. The van der Waals surface area contributed by atoms with Crippen molar-refractivity contribution in [3.63, 3.8) is 0 Å². The lowest BCUT2D eigenvalue weighted by Gasteiger charge is -2.47. The monoisotopic (exact) mass is 248 g/mol. The van der Waals surface area contributed by atoms with Crippen LogP contribution in [0, 0.1) is 11.7 Å². The molecule has 0 bridgehead atoms. The first kappa shape index (κ1) is 12.0.